The predicted octanol–water partition coefficient (Wildman–Crippen LogP) is 0.276. The predicted molar refractivity (Wildman–Crippen MR) is 68.5 cm³/mol. The summed E-state index contributed by atoms with van der Waals surface area (Å²) in [5, 5.41) is 2.68. The summed E-state index contributed by atoms with van der Waals surface area (Å²) in [6.45, 7) is 0.994. The fourth-order valence-electron chi connectivity index (χ4n) is 2.03. The molecule has 6 heteroatoms. The molecule has 1 aliphatic rings. The van der Waals surface area contributed by atoms with Crippen molar-refractivity contribution in [3.8, 4) is 11.5 Å². The quantitative estimate of drug-likeness (QED) is 0.851. The van der Waals surface area contributed by atoms with Gasteiger partial charge in [-0.15, -0.1) is 0 Å². The second kappa shape index (κ2) is 5.60. The van der Waals surface area contributed by atoms with E-state index < -0.39 is 0 Å². The molecule has 0 saturated carbocycles. The van der Waals surface area contributed by atoms with Crippen molar-refractivity contribution in [2.45, 2.75) is 0 Å². The molecule has 6 nitrogen and oxygen atoms in total. The number of nitrogens with one attached hydrogen (secondary N) is 1. The number of nitrogens with zero attached hydrogens (tertiary/aromatic N) is 1. The van der Waals surface area contributed by atoms with E-state index in [1.54, 1.807) is 18.2 Å². The van der Waals surface area contributed by atoms with Crippen LogP contribution in [0.5, 0.6) is 11.5 Å². The summed E-state index contributed by atoms with van der Waals surface area (Å²) in [7, 11) is 2.99. The van der Waals surface area contributed by atoms with Gasteiger partial charge in [0.05, 0.1) is 20.8 Å². The monoisotopic (exact) mass is 264 g/mol. The van der Waals surface area contributed by atoms with Crippen LogP contribution in [-0.4, -0.2) is 50.6 Å². The number of rotatable bonds is 3. The highest BCUT2D eigenvalue weighted by atomic mass is 16.5. The fraction of sp³-hybridized carbons (Fsp3) is 0.385. The Kier molecular flexibility index (Phi) is 3.89. The molecule has 0 bridgehead atoms. The minimum absolute atomic E-state index is 0.0556. The molecule has 0 aromatic heterocycles. The number of methoxy groups -OCH3 is 2. The summed E-state index contributed by atoms with van der Waals surface area (Å²) >= 11 is 0. The number of benzene rings is 1. The molecular weight excluding hydrogens is 248 g/mol. The van der Waals surface area contributed by atoms with E-state index in [2.05, 4.69) is 5.32 Å². The van der Waals surface area contributed by atoms with Crippen LogP contribution >= 0.6 is 0 Å². The zero-order valence-electron chi connectivity index (χ0n) is 10.9. The Labute approximate surface area is 111 Å². The van der Waals surface area contributed by atoms with Crippen molar-refractivity contribution >= 4 is 11.8 Å². The smallest absolute Gasteiger partial charge is 0.261 e. The second-order valence-corrected chi connectivity index (χ2v) is 4.11. The van der Waals surface area contributed by atoms with Gasteiger partial charge < -0.3 is 19.7 Å². The average Bonchev–Trinajstić information content (AvgIpc) is 2.45. The Hall–Kier alpha value is -2.24. The van der Waals surface area contributed by atoms with Gasteiger partial charge in [0.25, 0.3) is 5.91 Å². The third-order valence-electron chi connectivity index (χ3n) is 2.97. The van der Waals surface area contributed by atoms with Crippen molar-refractivity contribution in [3.05, 3.63) is 23.8 Å². The van der Waals surface area contributed by atoms with Gasteiger partial charge in [-0.05, 0) is 12.1 Å². The number of amides is 2. The Morgan fingerprint density at radius 2 is 1.89 bits per heavy atom. The van der Waals surface area contributed by atoms with Crippen molar-refractivity contribution in [2.75, 3.05) is 33.9 Å². The van der Waals surface area contributed by atoms with Crippen LogP contribution in [0.3, 0.4) is 0 Å². The maximum absolute atomic E-state index is 12.5. The number of ether oxygens (including phenoxy) is 2. The van der Waals surface area contributed by atoms with Gasteiger partial charge in [0.1, 0.15) is 17.1 Å². The second-order valence-electron chi connectivity index (χ2n) is 4.11. The summed E-state index contributed by atoms with van der Waals surface area (Å²) in [4.78, 5) is 25.3. The summed E-state index contributed by atoms with van der Waals surface area (Å²) in [6.07, 6.45) is 0. The van der Waals surface area contributed by atoms with Crippen LogP contribution in [-0.2, 0) is 4.79 Å². The average molecular weight is 264 g/mol. The summed E-state index contributed by atoms with van der Waals surface area (Å²) in [5.74, 6) is 0.461. The molecule has 1 fully saturated rings. The number of piperazine rings is 1. The van der Waals surface area contributed by atoms with Crippen LogP contribution in [0.25, 0.3) is 0 Å². The van der Waals surface area contributed by atoms with Crippen molar-refractivity contribution in [1.29, 1.82) is 0 Å². The highest BCUT2D eigenvalue weighted by Gasteiger charge is 2.27. The van der Waals surface area contributed by atoms with Crippen LogP contribution in [0.1, 0.15) is 10.4 Å². The zero-order valence-corrected chi connectivity index (χ0v) is 10.9. The van der Waals surface area contributed by atoms with E-state index in [1.807, 2.05) is 0 Å². The van der Waals surface area contributed by atoms with Crippen LogP contribution in [0.15, 0.2) is 18.2 Å². The van der Waals surface area contributed by atoms with Crippen LogP contribution in [0, 0.1) is 0 Å². The largest absolute Gasteiger partial charge is 0.496 e. The zero-order chi connectivity index (χ0) is 13.8. The molecule has 0 unspecified atom stereocenters. The minimum Gasteiger partial charge on any atom is -0.496 e. The van der Waals surface area contributed by atoms with Gasteiger partial charge >= 0.3 is 0 Å². The minimum atomic E-state index is -0.260. The lowest BCUT2D eigenvalue weighted by molar-refractivity contribution is -0.123. The number of hydrogen-bond acceptors (Lipinski definition) is 4. The van der Waals surface area contributed by atoms with E-state index in [1.165, 1.54) is 19.1 Å². The molecule has 0 spiro atoms. The van der Waals surface area contributed by atoms with Crippen LogP contribution in [0.2, 0.25) is 0 Å². The number of hydrogen-bond donors (Lipinski definition) is 1. The first-order valence-corrected chi connectivity index (χ1v) is 5.94. The molecule has 1 aromatic rings. The van der Waals surface area contributed by atoms with Gasteiger partial charge in [-0.25, -0.2) is 0 Å². The Bertz CT molecular complexity index is 479. The molecule has 1 heterocycles. The Morgan fingerprint density at radius 1 is 1.26 bits per heavy atom. The summed E-state index contributed by atoms with van der Waals surface area (Å²) < 4.78 is 10.4. The van der Waals surface area contributed by atoms with Gasteiger partial charge in [-0.3, -0.25) is 9.59 Å². The molecule has 1 aliphatic heterocycles. The lowest BCUT2D eigenvalue weighted by atomic mass is 10.1. The van der Waals surface area contributed by atoms with E-state index in [9.17, 15) is 9.59 Å². The van der Waals surface area contributed by atoms with Gasteiger partial charge in [0, 0.05) is 13.1 Å². The lowest BCUT2D eigenvalue weighted by Crippen LogP contribution is -2.50. The third-order valence-corrected chi connectivity index (χ3v) is 2.97. The summed E-state index contributed by atoms with van der Waals surface area (Å²) in [5.41, 5.74) is 0.349. The first-order chi connectivity index (χ1) is 9.17. The van der Waals surface area contributed by atoms with E-state index in [0.717, 1.165) is 0 Å². The topological polar surface area (TPSA) is 67.9 Å². The third kappa shape index (κ3) is 2.62. The van der Waals surface area contributed by atoms with Gasteiger partial charge in [0.2, 0.25) is 5.91 Å². The number of carbonyl (C=O) groups excluding carboxylic acids is 2. The van der Waals surface area contributed by atoms with E-state index in [4.69, 9.17) is 9.47 Å². The van der Waals surface area contributed by atoms with Crippen LogP contribution in [0.4, 0.5) is 0 Å². The number of carbonyl (C=O) groups is 2. The van der Waals surface area contributed by atoms with Crippen molar-refractivity contribution in [3.63, 3.8) is 0 Å². The Balaban J connectivity index is 2.34. The van der Waals surface area contributed by atoms with E-state index in [-0.39, 0.29) is 18.4 Å². The van der Waals surface area contributed by atoms with Gasteiger partial charge in [0.15, 0.2) is 0 Å². The molecule has 1 N–H and O–H groups in total. The normalized spacial score (nSPS) is 14.8. The van der Waals surface area contributed by atoms with E-state index >= 15 is 0 Å². The maximum Gasteiger partial charge on any atom is 0.261 e. The standard InChI is InChI=1S/C13H16N2O4/c1-18-9-4-3-5-10(19-2)12(9)13(17)15-7-6-14-11(16)8-15/h3-5H,6-8H2,1-2H3,(H,14,16). The SMILES string of the molecule is COc1cccc(OC)c1C(=O)N1CCNC(=O)C1. The fourth-order valence-corrected chi connectivity index (χ4v) is 2.03. The lowest BCUT2D eigenvalue weighted by Gasteiger charge is -2.27. The van der Waals surface area contributed by atoms with Gasteiger partial charge in [-0.1, -0.05) is 6.07 Å². The molecule has 102 valence electrons. The maximum atomic E-state index is 12.5. The highest BCUT2D eigenvalue weighted by Crippen LogP contribution is 2.29. The molecule has 0 radical (unpaired) electrons. The molecule has 1 saturated heterocycles. The van der Waals surface area contributed by atoms with Gasteiger partial charge in [-0.2, -0.15) is 0 Å². The van der Waals surface area contributed by atoms with Crippen molar-refractivity contribution in [2.24, 2.45) is 0 Å². The van der Waals surface area contributed by atoms with Crippen molar-refractivity contribution in [1.82, 2.24) is 10.2 Å². The Morgan fingerprint density at radius 3 is 2.42 bits per heavy atom. The first kappa shape index (κ1) is 13.2. The highest BCUT2D eigenvalue weighted by molar-refractivity contribution is 6.01. The molecule has 2 rings (SSSR count). The van der Waals surface area contributed by atoms with Crippen LogP contribution < -0.4 is 14.8 Å². The first-order valence-electron chi connectivity index (χ1n) is 5.94. The molecule has 19 heavy (non-hydrogen) atoms. The molecule has 2 amide bonds. The van der Waals surface area contributed by atoms with Crippen molar-refractivity contribution < 1.29 is 19.1 Å². The molecular formula is C13H16N2O4. The van der Waals surface area contributed by atoms with E-state index in [0.29, 0.717) is 30.2 Å². The molecule has 1 aromatic carbocycles. The summed E-state index contributed by atoms with van der Waals surface area (Å²) in [6, 6.07) is 5.14. The molecule has 0 atom stereocenters. The molecule has 0 aliphatic carbocycles.